The van der Waals surface area contributed by atoms with E-state index in [4.69, 9.17) is 9.98 Å². The van der Waals surface area contributed by atoms with E-state index < -0.39 is 0 Å². The molecule has 1 atom stereocenters. The molecule has 0 fully saturated rings. The third-order valence-corrected chi connectivity index (χ3v) is 11.1. The maximum Gasteiger partial charge on any atom is 0.159 e. The summed E-state index contributed by atoms with van der Waals surface area (Å²) in [6.45, 7) is 0. The number of hydrogen-bond acceptors (Lipinski definition) is 5. The molecule has 0 saturated carbocycles. The molecule has 0 bridgehead atoms. The van der Waals surface area contributed by atoms with Gasteiger partial charge in [-0.2, -0.15) is 5.26 Å². The summed E-state index contributed by atoms with van der Waals surface area (Å²) in [5.74, 6) is 1.47. The molecule has 2 aromatic heterocycles. The first-order valence-corrected chi connectivity index (χ1v) is 18.1. The second-order valence-electron chi connectivity index (χ2n) is 13.0. The van der Waals surface area contributed by atoms with Crippen LogP contribution in [-0.2, 0) is 0 Å². The highest BCUT2D eigenvalue weighted by Crippen LogP contribution is 2.42. The monoisotopic (exact) mass is 683 g/mol. The van der Waals surface area contributed by atoms with E-state index in [1.54, 1.807) is 0 Å². The number of rotatable bonds is 5. The lowest BCUT2D eigenvalue weighted by molar-refractivity contribution is 0.674. The van der Waals surface area contributed by atoms with Crippen molar-refractivity contribution in [3.05, 3.63) is 186 Å². The van der Waals surface area contributed by atoms with Gasteiger partial charge in [0.1, 0.15) is 12.0 Å². The molecule has 0 spiro atoms. The van der Waals surface area contributed by atoms with Crippen LogP contribution < -0.4 is 5.32 Å². The van der Waals surface area contributed by atoms with Crippen LogP contribution in [0.4, 0.5) is 0 Å². The fourth-order valence-electron chi connectivity index (χ4n) is 7.40. The zero-order valence-electron chi connectivity index (χ0n) is 27.9. The van der Waals surface area contributed by atoms with Crippen molar-refractivity contribution in [2.75, 3.05) is 0 Å². The number of amidine groups is 2. The van der Waals surface area contributed by atoms with Crippen LogP contribution in [0.2, 0.25) is 0 Å². The highest BCUT2D eigenvalue weighted by molar-refractivity contribution is 7.26. The number of nitrogens with one attached hydrogen (secondary N) is 1. The van der Waals surface area contributed by atoms with Gasteiger partial charge in [0, 0.05) is 47.8 Å². The van der Waals surface area contributed by atoms with Gasteiger partial charge in [-0.25, -0.2) is 9.98 Å². The molecule has 1 aliphatic rings. The summed E-state index contributed by atoms with van der Waals surface area (Å²) in [6.07, 6.45) is -0.265. The molecule has 0 saturated heterocycles. The van der Waals surface area contributed by atoms with Crippen LogP contribution in [0.1, 0.15) is 28.4 Å². The summed E-state index contributed by atoms with van der Waals surface area (Å²) in [7, 11) is 0. The van der Waals surface area contributed by atoms with Gasteiger partial charge in [0.05, 0.1) is 22.7 Å². The van der Waals surface area contributed by atoms with Gasteiger partial charge in [-0.05, 0) is 71.3 Å². The smallest absolute Gasteiger partial charge is 0.159 e. The van der Waals surface area contributed by atoms with Crippen LogP contribution in [0.15, 0.2) is 174 Å². The Bertz CT molecular complexity index is 2930. The van der Waals surface area contributed by atoms with Crippen molar-refractivity contribution in [2.24, 2.45) is 9.98 Å². The predicted molar refractivity (Wildman–Crippen MR) is 216 cm³/mol. The van der Waals surface area contributed by atoms with Crippen molar-refractivity contribution in [1.29, 1.82) is 5.26 Å². The summed E-state index contributed by atoms with van der Waals surface area (Å²) < 4.78 is 4.88. The summed E-state index contributed by atoms with van der Waals surface area (Å²) in [5.41, 5.74) is 9.19. The van der Waals surface area contributed by atoms with E-state index in [-0.39, 0.29) is 6.17 Å². The Morgan fingerprint density at radius 2 is 1.35 bits per heavy atom. The lowest BCUT2D eigenvalue weighted by Gasteiger charge is -2.23. The molecule has 0 amide bonds. The molecule has 1 unspecified atom stereocenters. The molecule has 9 aromatic rings. The topological polar surface area (TPSA) is 65.5 Å². The molecule has 244 valence electrons. The fourth-order valence-corrected chi connectivity index (χ4v) is 8.64. The molecule has 10 rings (SSSR count). The van der Waals surface area contributed by atoms with Gasteiger partial charge in [0.25, 0.3) is 0 Å². The third kappa shape index (κ3) is 4.98. The van der Waals surface area contributed by atoms with Gasteiger partial charge in [0.2, 0.25) is 0 Å². The Kier molecular flexibility index (Phi) is 7.05. The molecule has 1 aliphatic heterocycles. The van der Waals surface area contributed by atoms with Crippen LogP contribution in [0, 0.1) is 11.3 Å². The van der Waals surface area contributed by atoms with E-state index in [0.29, 0.717) is 11.4 Å². The van der Waals surface area contributed by atoms with E-state index in [1.165, 1.54) is 25.7 Å². The molecule has 0 radical (unpaired) electrons. The van der Waals surface area contributed by atoms with Crippen LogP contribution in [-0.4, -0.2) is 16.2 Å². The van der Waals surface area contributed by atoms with Crippen molar-refractivity contribution in [3.63, 3.8) is 0 Å². The first-order valence-electron chi connectivity index (χ1n) is 17.2. The van der Waals surface area contributed by atoms with Crippen LogP contribution in [0.25, 0.3) is 58.8 Å². The number of nitriles is 1. The number of nitrogens with zero attached hydrogens (tertiary/aromatic N) is 4. The van der Waals surface area contributed by atoms with Crippen LogP contribution >= 0.6 is 11.3 Å². The Balaban J connectivity index is 1.12. The highest BCUT2D eigenvalue weighted by atomic mass is 32.1. The molecule has 5 nitrogen and oxygen atoms in total. The summed E-state index contributed by atoms with van der Waals surface area (Å²) in [4.78, 5) is 10.1. The Morgan fingerprint density at radius 1 is 0.596 bits per heavy atom. The molecule has 3 heterocycles. The number of benzene rings is 7. The van der Waals surface area contributed by atoms with Crippen LogP contribution in [0.3, 0.4) is 0 Å². The standard InChI is InChI=1S/C46H29N5S/c47-28-29-18-25-40-39(26-29)36-24-21-33(35-15-9-16-38-37-14-7-8-17-42(37)52-43(35)38)27-41(36)51(40)34-22-19-32(20-23-34)46-49-44(30-10-3-1-4-11-30)48-45(50-46)31-12-5-2-6-13-31/h1-27,44H,(H,48,49,50). The summed E-state index contributed by atoms with van der Waals surface area (Å²) in [5, 5.41) is 18.1. The second kappa shape index (κ2) is 12.2. The maximum absolute atomic E-state index is 9.80. The quantitative estimate of drug-likeness (QED) is 0.196. The molecular weight excluding hydrogens is 655 g/mol. The average molecular weight is 684 g/mol. The first kappa shape index (κ1) is 30.1. The van der Waals surface area contributed by atoms with Crippen molar-refractivity contribution < 1.29 is 0 Å². The van der Waals surface area contributed by atoms with Crippen molar-refractivity contribution >= 4 is 65.0 Å². The summed E-state index contributed by atoms with van der Waals surface area (Å²) in [6, 6.07) is 59.2. The van der Waals surface area contributed by atoms with Crippen LogP contribution in [0.5, 0.6) is 0 Å². The zero-order valence-corrected chi connectivity index (χ0v) is 28.7. The van der Waals surface area contributed by atoms with Gasteiger partial charge in [0.15, 0.2) is 5.84 Å². The largest absolute Gasteiger partial charge is 0.344 e. The minimum atomic E-state index is -0.265. The Labute approximate surface area is 304 Å². The van der Waals surface area contributed by atoms with Gasteiger partial charge in [-0.1, -0.05) is 109 Å². The van der Waals surface area contributed by atoms with Gasteiger partial charge >= 0.3 is 0 Å². The van der Waals surface area contributed by atoms with Crippen molar-refractivity contribution in [3.8, 4) is 22.9 Å². The normalized spacial score (nSPS) is 14.3. The minimum Gasteiger partial charge on any atom is -0.344 e. The number of aromatic nitrogens is 1. The number of thiophene rings is 1. The van der Waals surface area contributed by atoms with Gasteiger partial charge in [-0.15, -0.1) is 11.3 Å². The molecule has 1 N–H and O–H groups in total. The van der Waals surface area contributed by atoms with Crippen molar-refractivity contribution in [2.45, 2.75) is 6.17 Å². The number of aliphatic imine (C=N–C) groups is 2. The maximum atomic E-state index is 9.80. The first-order chi connectivity index (χ1) is 25.7. The van der Waals surface area contributed by atoms with E-state index in [1.807, 2.05) is 59.9 Å². The fraction of sp³-hybridized carbons (Fsp3) is 0.0217. The lowest BCUT2D eigenvalue weighted by Crippen LogP contribution is -2.33. The molecule has 7 aromatic carbocycles. The van der Waals surface area contributed by atoms with E-state index in [9.17, 15) is 5.26 Å². The number of hydrogen-bond donors (Lipinski definition) is 1. The predicted octanol–water partition coefficient (Wildman–Crippen LogP) is 11.2. The Hall–Kier alpha value is -6.81. The van der Waals surface area contributed by atoms with E-state index >= 15 is 0 Å². The average Bonchev–Trinajstić information content (AvgIpc) is 3.76. The zero-order chi connectivity index (χ0) is 34.6. The highest BCUT2D eigenvalue weighted by Gasteiger charge is 2.22. The molecule has 52 heavy (non-hydrogen) atoms. The molecular formula is C46H29N5S. The number of fused-ring (bicyclic) bond motifs is 6. The SMILES string of the molecule is N#Cc1ccc2c(c1)c1ccc(-c3cccc4c3sc3ccccc34)cc1n2-c1ccc(C2=NC(c3ccccc3)NC(c3ccccc3)=N2)cc1. The lowest BCUT2D eigenvalue weighted by atomic mass is 10.0. The third-order valence-electron chi connectivity index (χ3n) is 9.90. The van der Waals surface area contributed by atoms with Gasteiger partial charge < -0.3 is 9.88 Å². The molecule has 0 aliphatic carbocycles. The van der Waals surface area contributed by atoms with Gasteiger partial charge in [-0.3, -0.25) is 0 Å². The second-order valence-corrected chi connectivity index (χ2v) is 14.0. The summed E-state index contributed by atoms with van der Waals surface area (Å²) >= 11 is 1.84. The van der Waals surface area contributed by atoms with E-state index in [0.717, 1.165) is 55.6 Å². The van der Waals surface area contributed by atoms with Crippen molar-refractivity contribution in [1.82, 2.24) is 9.88 Å². The molecule has 6 heteroatoms. The Morgan fingerprint density at radius 3 is 2.17 bits per heavy atom. The van der Waals surface area contributed by atoms with E-state index in [2.05, 4.69) is 131 Å². The minimum absolute atomic E-state index is 0.265.